The van der Waals surface area contributed by atoms with Crippen LogP contribution in [-0.2, 0) is 12.8 Å². The summed E-state index contributed by atoms with van der Waals surface area (Å²) in [4.78, 5) is 0. The molecule has 0 saturated heterocycles. The molecule has 2 heterocycles. The number of hydrogen-bond acceptors (Lipinski definition) is 10. The Balaban J connectivity index is 0.000000142. The van der Waals surface area contributed by atoms with Crippen molar-refractivity contribution in [2.75, 3.05) is 34.9 Å². The lowest BCUT2D eigenvalue weighted by atomic mass is 9.95. The normalized spacial score (nSPS) is 13.1. The van der Waals surface area contributed by atoms with Crippen molar-refractivity contribution >= 4 is 16.7 Å². The van der Waals surface area contributed by atoms with Crippen LogP contribution in [0.4, 0.5) is 0 Å². The van der Waals surface area contributed by atoms with Crippen molar-refractivity contribution in [3.8, 4) is 58.5 Å². The van der Waals surface area contributed by atoms with Gasteiger partial charge in [0.25, 0.3) is 0 Å². The molecule has 0 aromatic heterocycles. The third-order valence-electron chi connectivity index (χ3n) is 10.6. The van der Waals surface area contributed by atoms with Crippen LogP contribution in [-0.4, -0.2) is 34.9 Å². The molecule has 6 aromatic rings. The van der Waals surface area contributed by atoms with E-state index in [-0.39, 0.29) is 13.6 Å². The Kier molecular flexibility index (Phi) is 14.1. The van der Waals surface area contributed by atoms with E-state index in [1.165, 1.54) is 36.1 Å². The highest BCUT2D eigenvalue weighted by Crippen LogP contribution is 2.38. The van der Waals surface area contributed by atoms with Gasteiger partial charge in [0.05, 0.1) is 39.5 Å². The van der Waals surface area contributed by atoms with Gasteiger partial charge in [-0.3, -0.25) is 0 Å². The Labute approximate surface area is 367 Å². The lowest BCUT2D eigenvalue weighted by Crippen LogP contribution is -1.93. The highest BCUT2D eigenvalue weighted by molar-refractivity contribution is 5.84. The van der Waals surface area contributed by atoms with Crippen molar-refractivity contribution < 1.29 is 33.2 Å². The molecular weight excluding hydrogens is 791 g/mol. The predicted octanol–water partition coefficient (Wildman–Crippen LogP) is 10.9. The molecule has 1 aliphatic carbocycles. The summed E-state index contributed by atoms with van der Waals surface area (Å²) in [5.74, 6) is 5.21. The summed E-state index contributed by atoms with van der Waals surface area (Å²) in [6.45, 7) is 0.469. The second kappa shape index (κ2) is 20.7. The molecule has 0 fully saturated rings. The van der Waals surface area contributed by atoms with Gasteiger partial charge < -0.3 is 33.2 Å². The number of fused-ring (bicyclic) bond motifs is 3. The van der Waals surface area contributed by atoms with Crippen LogP contribution in [0.25, 0.3) is 16.7 Å². The Morgan fingerprint density at radius 2 is 0.841 bits per heavy atom. The number of nitriles is 3. The highest BCUT2D eigenvalue weighted by atomic mass is 16.7. The van der Waals surface area contributed by atoms with E-state index < -0.39 is 0 Å². The van der Waals surface area contributed by atoms with Crippen molar-refractivity contribution in [1.29, 1.82) is 15.8 Å². The molecule has 0 radical (unpaired) electrons. The van der Waals surface area contributed by atoms with Gasteiger partial charge in [-0.1, -0.05) is 66.7 Å². The Bertz CT molecular complexity index is 2680. The molecule has 0 bridgehead atoms. The summed E-state index contributed by atoms with van der Waals surface area (Å²) < 4.78 is 37.0. The number of aryl methyl sites for hydroxylation is 2. The quantitative estimate of drug-likeness (QED) is 0.129. The van der Waals surface area contributed by atoms with E-state index in [2.05, 4.69) is 36.4 Å². The minimum Gasteiger partial charge on any atom is -0.497 e. The molecule has 0 amide bonds. The highest BCUT2D eigenvalue weighted by Gasteiger charge is 2.18. The first-order valence-corrected chi connectivity index (χ1v) is 20.1. The fourth-order valence-corrected chi connectivity index (χ4v) is 7.39. The first kappa shape index (κ1) is 42.7. The lowest BCUT2D eigenvalue weighted by Gasteiger charge is -2.10. The van der Waals surface area contributed by atoms with Crippen LogP contribution in [0, 0.1) is 34.0 Å². The zero-order valence-electron chi connectivity index (χ0n) is 35.1. The summed E-state index contributed by atoms with van der Waals surface area (Å²) in [6.07, 6.45) is 8.21. The number of ether oxygens (including phenoxy) is 7. The third kappa shape index (κ3) is 10.3. The summed E-state index contributed by atoms with van der Waals surface area (Å²) >= 11 is 0. The molecule has 0 atom stereocenters. The summed E-state index contributed by atoms with van der Waals surface area (Å²) in [7, 11) is 4.90. The number of benzene rings is 6. The van der Waals surface area contributed by atoms with E-state index in [1.54, 1.807) is 27.4 Å². The van der Waals surface area contributed by atoms with Gasteiger partial charge in [-0.15, -0.1) is 0 Å². The van der Waals surface area contributed by atoms with Gasteiger partial charge in [-0.05, 0) is 141 Å². The van der Waals surface area contributed by atoms with Gasteiger partial charge in [0.15, 0.2) is 23.0 Å². The van der Waals surface area contributed by atoms with Gasteiger partial charge in [0.1, 0.15) is 17.2 Å². The fourth-order valence-electron chi connectivity index (χ4n) is 7.39. The van der Waals surface area contributed by atoms with Crippen LogP contribution in [0.1, 0.15) is 50.9 Å². The van der Waals surface area contributed by atoms with E-state index in [4.69, 9.17) is 48.9 Å². The van der Waals surface area contributed by atoms with E-state index >= 15 is 0 Å². The minimum absolute atomic E-state index is 0.235. The largest absolute Gasteiger partial charge is 0.497 e. The molecule has 9 rings (SSSR count). The lowest BCUT2D eigenvalue weighted by molar-refractivity contribution is 0.173. The van der Waals surface area contributed by atoms with Crippen molar-refractivity contribution in [3.05, 3.63) is 190 Å². The van der Waals surface area contributed by atoms with Crippen LogP contribution in [0.5, 0.6) is 40.2 Å². The monoisotopic (exact) mass is 833 g/mol. The molecule has 6 aromatic carbocycles. The summed E-state index contributed by atoms with van der Waals surface area (Å²) in [5, 5.41) is 27.2. The molecule has 0 spiro atoms. The van der Waals surface area contributed by atoms with Crippen molar-refractivity contribution in [2.24, 2.45) is 0 Å². The summed E-state index contributed by atoms with van der Waals surface area (Å²) in [6, 6.07) is 47.2. The Morgan fingerprint density at radius 3 is 1.33 bits per heavy atom. The number of rotatable bonds is 9. The zero-order valence-corrected chi connectivity index (χ0v) is 35.1. The second-order valence-electron chi connectivity index (χ2n) is 14.2. The molecule has 0 unspecified atom stereocenters. The predicted molar refractivity (Wildman–Crippen MR) is 241 cm³/mol. The topological polar surface area (TPSA) is 136 Å². The van der Waals surface area contributed by atoms with Crippen LogP contribution in [0.3, 0.4) is 0 Å². The standard InChI is InChI=1S/C19H17NO.2C17H13NO3/c1-21-18-7-3-6-16(13-18)19(10-11-20)17-9-8-14-4-2-5-15(14)12-17;2*1-19-14-5-2-12(3-6-14)15(8-9-18)13-4-7-16-17(10-13)21-11-20-16/h3,6-10,12-13H,2,4-5H2,1H3;2*2-8,10H,11H2,1H3/b;15-8-;. The first-order valence-electron chi connectivity index (χ1n) is 20.1. The maximum absolute atomic E-state index is 9.12. The number of nitrogens with zero attached hydrogens (tertiary/aromatic N) is 3. The molecule has 0 N–H and O–H groups in total. The minimum atomic E-state index is 0.235. The van der Waals surface area contributed by atoms with Crippen LogP contribution < -0.4 is 33.2 Å². The van der Waals surface area contributed by atoms with Crippen LogP contribution >= 0.6 is 0 Å². The van der Waals surface area contributed by atoms with Gasteiger partial charge >= 0.3 is 0 Å². The molecule has 0 saturated carbocycles. The average molecular weight is 834 g/mol. The molecular formula is C53H43N3O7. The number of methoxy groups -OCH3 is 3. The average Bonchev–Trinajstić information content (AvgIpc) is 4.13. The van der Waals surface area contributed by atoms with Crippen molar-refractivity contribution in [2.45, 2.75) is 19.3 Å². The van der Waals surface area contributed by atoms with Crippen molar-refractivity contribution in [1.82, 2.24) is 0 Å². The number of allylic oxidation sites excluding steroid dienone is 3. The van der Waals surface area contributed by atoms with Gasteiger partial charge in [-0.25, -0.2) is 0 Å². The smallest absolute Gasteiger partial charge is 0.231 e. The fraction of sp³-hybridized carbons (Fsp3) is 0.151. The molecule has 312 valence electrons. The maximum atomic E-state index is 9.12. The molecule has 3 aliphatic rings. The molecule has 10 heteroatoms. The van der Waals surface area contributed by atoms with Crippen molar-refractivity contribution in [3.63, 3.8) is 0 Å². The first-order chi connectivity index (χ1) is 30.9. The van der Waals surface area contributed by atoms with E-state index in [0.29, 0.717) is 11.5 Å². The van der Waals surface area contributed by atoms with Gasteiger partial charge in [0, 0.05) is 18.2 Å². The van der Waals surface area contributed by atoms with E-state index in [9.17, 15) is 0 Å². The zero-order chi connectivity index (χ0) is 44.0. The Hall–Kier alpha value is -8.39. The molecule has 2 aliphatic heterocycles. The van der Waals surface area contributed by atoms with Gasteiger partial charge in [-0.2, -0.15) is 15.8 Å². The summed E-state index contributed by atoms with van der Waals surface area (Å²) in [5.41, 5.74) is 11.3. The van der Waals surface area contributed by atoms with E-state index in [1.807, 2.05) is 109 Å². The number of hydrogen-bond donors (Lipinski definition) is 0. The molecule has 10 nitrogen and oxygen atoms in total. The maximum Gasteiger partial charge on any atom is 0.231 e. The third-order valence-corrected chi connectivity index (χ3v) is 10.6. The Morgan fingerprint density at radius 1 is 0.429 bits per heavy atom. The van der Waals surface area contributed by atoms with Gasteiger partial charge in [0.2, 0.25) is 13.6 Å². The SMILES string of the molecule is COc1ccc(/C(=C/C#N)c2ccc3c(c2)OCO3)cc1.COc1ccc(C(=CC#N)c2ccc3c(c2)OCO3)cc1.COc1cccc(C(=CC#N)c2ccc3c(c2)CCC3)c1. The second-order valence-corrected chi connectivity index (χ2v) is 14.2. The van der Waals surface area contributed by atoms with E-state index in [0.717, 1.165) is 85.3 Å². The van der Waals surface area contributed by atoms with Crippen LogP contribution in [0.2, 0.25) is 0 Å². The molecule has 63 heavy (non-hydrogen) atoms. The van der Waals surface area contributed by atoms with Crippen LogP contribution in [0.15, 0.2) is 146 Å².